The standard InChI is InChI=1S/C13H24BrNO/c1-12(16)4-3-8-15(9-7-12)11-13(10-14)5-2-6-13/h16H,2-11H2,1H3. The Hall–Kier alpha value is 0.400. The molecule has 1 aliphatic carbocycles. The Bertz CT molecular complexity index is 233. The number of rotatable bonds is 3. The summed E-state index contributed by atoms with van der Waals surface area (Å²) in [6.07, 6.45) is 7.20. The average molecular weight is 290 g/mol. The molecule has 0 bridgehead atoms. The minimum Gasteiger partial charge on any atom is -0.390 e. The van der Waals surface area contributed by atoms with E-state index < -0.39 is 5.60 Å². The zero-order chi connectivity index (χ0) is 11.6. The van der Waals surface area contributed by atoms with Gasteiger partial charge < -0.3 is 10.0 Å². The number of hydrogen-bond acceptors (Lipinski definition) is 2. The first-order chi connectivity index (χ1) is 7.55. The summed E-state index contributed by atoms with van der Waals surface area (Å²) < 4.78 is 0. The molecule has 1 saturated carbocycles. The normalized spacial score (nSPS) is 35.4. The zero-order valence-corrected chi connectivity index (χ0v) is 11.9. The van der Waals surface area contributed by atoms with Gasteiger partial charge in [-0.05, 0) is 51.0 Å². The molecule has 0 radical (unpaired) electrons. The molecule has 1 unspecified atom stereocenters. The van der Waals surface area contributed by atoms with Crippen molar-refractivity contribution in [3.63, 3.8) is 0 Å². The van der Waals surface area contributed by atoms with Crippen molar-refractivity contribution in [1.82, 2.24) is 4.90 Å². The third-order valence-electron chi connectivity index (χ3n) is 4.41. The molecule has 1 heterocycles. The number of halogens is 1. The largest absolute Gasteiger partial charge is 0.390 e. The van der Waals surface area contributed by atoms with Crippen LogP contribution in [-0.4, -0.2) is 40.6 Å². The molecule has 94 valence electrons. The molecule has 2 rings (SSSR count). The fourth-order valence-electron chi connectivity index (χ4n) is 2.96. The smallest absolute Gasteiger partial charge is 0.0632 e. The average Bonchev–Trinajstić information content (AvgIpc) is 2.34. The van der Waals surface area contributed by atoms with Gasteiger partial charge in [-0.15, -0.1) is 0 Å². The predicted octanol–water partition coefficient (Wildman–Crippen LogP) is 2.79. The minimum absolute atomic E-state index is 0.421. The molecule has 16 heavy (non-hydrogen) atoms. The number of alkyl halides is 1. The van der Waals surface area contributed by atoms with Crippen LogP contribution in [0.25, 0.3) is 0 Å². The van der Waals surface area contributed by atoms with Crippen molar-refractivity contribution >= 4 is 15.9 Å². The van der Waals surface area contributed by atoms with Crippen molar-refractivity contribution in [2.24, 2.45) is 5.41 Å². The molecule has 2 nitrogen and oxygen atoms in total. The van der Waals surface area contributed by atoms with Crippen molar-refractivity contribution in [2.75, 3.05) is 25.0 Å². The van der Waals surface area contributed by atoms with Gasteiger partial charge in [0.2, 0.25) is 0 Å². The Balaban J connectivity index is 1.86. The highest BCUT2D eigenvalue weighted by Gasteiger charge is 2.38. The van der Waals surface area contributed by atoms with E-state index in [0.29, 0.717) is 5.41 Å². The summed E-state index contributed by atoms with van der Waals surface area (Å²) >= 11 is 3.68. The lowest BCUT2D eigenvalue weighted by molar-refractivity contribution is 0.0399. The van der Waals surface area contributed by atoms with Gasteiger partial charge in [-0.3, -0.25) is 0 Å². The van der Waals surface area contributed by atoms with Gasteiger partial charge in [0.1, 0.15) is 0 Å². The molecule has 1 aliphatic heterocycles. The first-order valence-electron chi connectivity index (χ1n) is 6.56. The molecule has 3 heteroatoms. The molecule has 2 fully saturated rings. The Labute approximate surface area is 108 Å². The van der Waals surface area contributed by atoms with Crippen LogP contribution in [0.5, 0.6) is 0 Å². The second-order valence-electron chi connectivity index (χ2n) is 6.11. The Morgan fingerprint density at radius 1 is 1.12 bits per heavy atom. The highest BCUT2D eigenvalue weighted by Crippen LogP contribution is 2.43. The van der Waals surface area contributed by atoms with Crippen LogP contribution >= 0.6 is 15.9 Å². The molecule has 0 aromatic carbocycles. The fraction of sp³-hybridized carbons (Fsp3) is 1.00. The second kappa shape index (κ2) is 4.95. The lowest BCUT2D eigenvalue weighted by Crippen LogP contribution is -2.44. The highest BCUT2D eigenvalue weighted by molar-refractivity contribution is 9.09. The van der Waals surface area contributed by atoms with Crippen LogP contribution < -0.4 is 0 Å². The van der Waals surface area contributed by atoms with Gasteiger partial charge in [-0.1, -0.05) is 22.4 Å². The van der Waals surface area contributed by atoms with Gasteiger partial charge in [0, 0.05) is 18.4 Å². The van der Waals surface area contributed by atoms with Crippen LogP contribution in [0, 0.1) is 5.41 Å². The van der Waals surface area contributed by atoms with E-state index in [2.05, 4.69) is 20.8 Å². The molecule has 0 aromatic rings. The molecule has 2 aliphatic rings. The molecule has 1 N–H and O–H groups in total. The van der Waals surface area contributed by atoms with E-state index in [1.165, 1.54) is 32.4 Å². The van der Waals surface area contributed by atoms with Gasteiger partial charge in [0.15, 0.2) is 0 Å². The Kier molecular flexibility index (Phi) is 3.97. The summed E-state index contributed by atoms with van der Waals surface area (Å²) in [5.41, 5.74) is 0.131. The maximum Gasteiger partial charge on any atom is 0.0632 e. The maximum atomic E-state index is 10.1. The van der Waals surface area contributed by atoms with Gasteiger partial charge in [0.05, 0.1) is 5.60 Å². The van der Waals surface area contributed by atoms with E-state index in [1.54, 1.807) is 0 Å². The summed E-state index contributed by atoms with van der Waals surface area (Å²) in [4.78, 5) is 2.57. The van der Waals surface area contributed by atoms with E-state index in [0.717, 1.165) is 31.1 Å². The van der Waals surface area contributed by atoms with E-state index >= 15 is 0 Å². The summed E-state index contributed by atoms with van der Waals surface area (Å²) in [6.45, 7) is 5.46. The minimum atomic E-state index is -0.421. The number of aliphatic hydroxyl groups is 1. The molecule has 0 spiro atoms. The quantitative estimate of drug-likeness (QED) is 0.808. The van der Waals surface area contributed by atoms with Crippen LogP contribution in [0.3, 0.4) is 0 Å². The SMILES string of the molecule is CC1(O)CCCN(CC2(CBr)CCC2)CC1. The van der Waals surface area contributed by atoms with Crippen molar-refractivity contribution < 1.29 is 5.11 Å². The summed E-state index contributed by atoms with van der Waals surface area (Å²) in [7, 11) is 0. The number of hydrogen-bond donors (Lipinski definition) is 1. The van der Waals surface area contributed by atoms with Crippen LogP contribution in [-0.2, 0) is 0 Å². The third-order valence-corrected chi connectivity index (χ3v) is 5.60. The number of likely N-dealkylation sites (tertiary alicyclic amines) is 1. The molecule has 0 amide bonds. The Morgan fingerprint density at radius 3 is 2.44 bits per heavy atom. The van der Waals surface area contributed by atoms with E-state index in [1.807, 2.05) is 6.92 Å². The lowest BCUT2D eigenvalue weighted by Gasteiger charge is -2.44. The van der Waals surface area contributed by atoms with Gasteiger partial charge in [-0.2, -0.15) is 0 Å². The van der Waals surface area contributed by atoms with Gasteiger partial charge >= 0.3 is 0 Å². The summed E-state index contributed by atoms with van der Waals surface area (Å²) in [5.74, 6) is 0. The fourth-order valence-corrected chi connectivity index (χ4v) is 3.70. The molecule has 1 atom stereocenters. The van der Waals surface area contributed by atoms with Crippen LogP contribution in [0.1, 0.15) is 45.4 Å². The number of nitrogens with zero attached hydrogens (tertiary/aromatic N) is 1. The van der Waals surface area contributed by atoms with Crippen molar-refractivity contribution in [3.05, 3.63) is 0 Å². The van der Waals surface area contributed by atoms with Gasteiger partial charge in [0.25, 0.3) is 0 Å². The first kappa shape index (κ1) is 12.8. The van der Waals surface area contributed by atoms with Crippen LogP contribution in [0.4, 0.5) is 0 Å². The third kappa shape index (κ3) is 2.99. The summed E-state index contributed by atoms with van der Waals surface area (Å²) in [5, 5.41) is 11.2. The van der Waals surface area contributed by atoms with Crippen molar-refractivity contribution in [3.8, 4) is 0 Å². The zero-order valence-electron chi connectivity index (χ0n) is 10.3. The van der Waals surface area contributed by atoms with Crippen LogP contribution in [0.2, 0.25) is 0 Å². The molecular weight excluding hydrogens is 266 g/mol. The van der Waals surface area contributed by atoms with E-state index in [9.17, 15) is 5.11 Å². The highest BCUT2D eigenvalue weighted by atomic mass is 79.9. The van der Waals surface area contributed by atoms with Gasteiger partial charge in [-0.25, -0.2) is 0 Å². The van der Waals surface area contributed by atoms with E-state index in [-0.39, 0.29) is 0 Å². The second-order valence-corrected chi connectivity index (χ2v) is 6.67. The van der Waals surface area contributed by atoms with E-state index in [4.69, 9.17) is 0 Å². The monoisotopic (exact) mass is 289 g/mol. The maximum absolute atomic E-state index is 10.1. The summed E-state index contributed by atoms with van der Waals surface area (Å²) in [6, 6.07) is 0. The van der Waals surface area contributed by atoms with Crippen molar-refractivity contribution in [1.29, 1.82) is 0 Å². The lowest BCUT2D eigenvalue weighted by atomic mass is 9.70. The topological polar surface area (TPSA) is 23.5 Å². The molecular formula is C13H24BrNO. The Morgan fingerprint density at radius 2 is 1.88 bits per heavy atom. The molecule has 1 saturated heterocycles. The molecule has 0 aromatic heterocycles. The first-order valence-corrected chi connectivity index (χ1v) is 7.68. The van der Waals surface area contributed by atoms with Crippen molar-refractivity contribution in [2.45, 2.75) is 51.0 Å². The predicted molar refractivity (Wildman–Crippen MR) is 71.0 cm³/mol. The van der Waals surface area contributed by atoms with Crippen LogP contribution in [0.15, 0.2) is 0 Å².